The van der Waals surface area contributed by atoms with Crippen LogP contribution in [0.15, 0.2) is 12.1 Å². The predicted molar refractivity (Wildman–Crippen MR) is 72.5 cm³/mol. The summed E-state index contributed by atoms with van der Waals surface area (Å²) in [5, 5.41) is 11.7. The maximum atomic E-state index is 11.6. The Labute approximate surface area is 115 Å². The third-order valence-electron chi connectivity index (χ3n) is 3.18. The number of nitrogens with zero attached hydrogens (tertiary/aromatic N) is 2. The molecular weight excluding hydrogens is 268 g/mol. The molecule has 0 atom stereocenters. The first-order valence-corrected chi connectivity index (χ1v) is 7.09. The van der Waals surface area contributed by atoms with Gasteiger partial charge >= 0.3 is 11.0 Å². The molecule has 1 aliphatic heterocycles. The van der Waals surface area contributed by atoms with E-state index in [1.54, 1.807) is 13.0 Å². The van der Waals surface area contributed by atoms with Crippen LogP contribution in [0.4, 0.5) is 10.0 Å². The van der Waals surface area contributed by atoms with E-state index in [1.165, 1.54) is 17.4 Å². The molecule has 1 saturated heterocycles. The normalized spacial score (nSPS) is 16.4. The average Bonchev–Trinajstić information content (AvgIpc) is 2.89. The lowest BCUT2D eigenvalue weighted by atomic mass is 9.97. The maximum absolute atomic E-state index is 11.6. The van der Waals surface area contributed by atoms with Crippen LogP contribution in [0.2, 0.25) is 0 Å². The molecule has 0 unspecified atom stereocenters. The van der Waals surface area contributed by atoms with Gasteiger partial charge in [0.15, 0.2) is 0 Å². The molecule has 0 N–H and O–H groups in total. The van der Waals surface area contributed by atoms with Gasteiger partial charge in [-0.3, -0.25) is 14.9 Å². The number of hydrogen-bond acceptors (Lipinski definition) is 6. The average molecular weight is 284 g/mol. The smallest absolute Gasteiger partial charge is 0.326 e. The number of hydrogen-bond donors (Lipinski definition) is 0. The van der Waals surface area contributed by atoms with Gasteiger partial charge in [0.1, 0.15) is 0 Å². The van der Waals surface area contributed by atoms with Gasteiger partial charge in [0.25, 0.3) is 0 Å². The van der Waals surface area contributed by atoms with E-state index >= 15 is 0 Å². The third kappa shape index (κ3) is 3.23. The number of carbonyl (C=O) groups is 1. The number of nitro groups is 1. The van der Waals surface area contributed by atoms with Crippen LogP contribution in [0, 0.1) is 16.0 Å². The lowest BCUT2D eigenvalue weighted by molar-refractivity contribution is -0.380. The molecular formula is C12H16N2O4S. The quantitative estimate of drug-likeness (QED) is 0.482. The van der Waals surface area contributed by atoms with E-state index in [0.717, 1.165) is 30.9 Å². The van der Waals surface area contributed by atoms with Crippen LogP contribution in [-0.4, -0.2) is 30.6 Å². The van der Waals surface area contributed by atoms with Crippen molar-refractivity contribution in [2.75, 3.05) is 24.6 Å². The minimum absolute atomic E-state index is 0.0360. The molecule has 0 radical (unpaired) electrons. The summed E-state index contributed by atoms with van der Waals surface area (Å²) < 4.78 is 5.01. The topological polar surface area (TPSA) is 72.7 Å². The van der Waals surface area contributed by atoms with E-state index in [0.29, 0.717) is 6.61 Å². The fraction of sp³-hybridized carbons (Fsp3) is 0.583. The predicted octanol–water partition coefficient (Wildman–Crippen LogP) is 2.44. The summed E-state index contributed by atoms with van der Waals surface area (Å²) in [6.45, 7) is 3.69. The molecule has 1 aromatic rings. The summed E-state index contributed by atoms with van der Waals surface area (Å²) in [6, 6.07) is 3.30. The Morgan fingerprint density at radius 3 is 2.74 bits per heavy atom. The molecule has 0 bridgehead atoms. The van der Waals surface area contributed by atoms with Crippen molar-refractivity contribution in [3.05, 3.63) is 22.2 Å². The highest BCUT2D eigenvalue weighted by Crippen LogP contribution is 2.33. The second kappa shape index (κ2) is 6.01. The summed E-state index contributed by atoms with van der Waals surface area (Å²) in [5.74, 6) is -0.162. The van der Waals surface area contributed by atoms with Crippen molar-refractivity contribution in [3.8, 4) is 0 Å². The molecule has 1 aromatic heterocycles. The van der Waals surface area contributed by atoms with Crippen LogP contribution in [0.5, 0.6) is 0 Å². The molecule has 2 rings (SSSR count). The summed E-state index contributed by atoms with van der Waals surface area (Å²) >= 11 is 1.18. The second-order valence-electron chi connectivity index (χ2n) is 4.38. The molecule has 0 saturated carbocycles. The summed E-state index contributed by atoms with van der Waals surface area (Å²) in [7, 11) is 0. The molecule has 104 valence electrons. The van der Waals surface area contributed by atoms with Crippen molar-refractivity contribution in [3.63, 3.8) is 0 Å². The molecule has 1 fully saturated rings. The second-order valence-corrected chi connectivity index (χ2v) is 5.42. The molecule has 0 amide bonds. The Morgan fingerprint density at radius 2 is 2.21 bits per heavy atom. The van der Waals surface area contributed by atoms with Crippen molar-refractivity contribution >= 4 is 27.3 Å². The first-order valence-electron chi connectivity index (χ1n) is 6.27. The zero-order valence-corrected chi connectivity index (χ0v) is 11.5. The van der Waals surface area contributed by atoms with Gasteiger partial charge in [-0.2, -0.15) is 0 Å². The van der Waals surface area contributed by atoms with Crippen LogP contribution >= 0.6 is 11.3 Å². The minimum atomic E-state index is -0.375. The van der Waals surface area contributed by atoms with E-state index in [-0.39, 0.29) is 21.8 Å². The van der Waals surface area contributed by atoms with Crippen LogP contribution in [0.25, 0.3) is 0 Å². The monoisotopic (exact) mass is 284 g/mol. The van der Waals surface area contributed by atoms with Gasteiger partial charge in [-0.15, -0.1) is 0 Å². The lowest BCUT2D eigenvalue weighted by Crippen LogP contribution is -2.36. The minimum Gasteiger partial charge on any atom is -0.466 e. The first kappa shape index (κ1) is 13.8. The van der Waals surface area contributed by atoms with E-state index in [4.69, 9.17) is 4.74 Å². The van der Waals surface area contributed by atoms with Gasteiger partial charge in [0, 0.05) is 19.2 Å². The maximum Gasteiger partial charge on any atom is 0.326 e. The number of thiophene rings is 1. The Hall–Kier alpha value is -1.63. The number of anilines is 1. The van der Waals surface area contributed by atoms with E-state index < -0.39 is 0 Å². The van der Waals surface area contributed by atoms with Crippen LogP contribution in [0.1, 0.15) is 19.8 Å². The molecule has 6 nitrogen and oxygen atoms in total. The standard InChI is InChI=1S/C12H16N2O4S/c1-2-18-12(15)9-5-7-13(8-6-9)10-3-4-11(19-10)14(16)17/h3-4,9H,2,5-8H2,1H3. The highest BCUT2D eigenvalue weighted by atomic mass is 32.1. The Morgan fingerprint density at radius 1 is 1.53 bits per heavy atom. The van der Waals surface area contributed by atoms with Crippen molar-refractivity contribution < 1.29 is 14.5 Å². The lowest BCUT2D eigenvalue weighted by Gasteiger charge is -2.31. The Bertz CT molecular complexity index is 466. The molecule has 0 aliphatic carbocycles. The zero-order chi connectivity index (χ0) is 13.8. The molecule has 7 heteroatoms. The molecule has 19 heavy (non-hydrogen) atoms. The van der Waals surface area contributed by atoms with Crippen molar-refractivity contribution in [1.82, 2.24) is 0 Å². The van der Waals surface area contributed by atoms with Gasteiger partial charge in [-0.1, -0.05) is 0 Å². The molecule has 0 aromatic carbocycles. The van der Waals surface area contributed by atoms with Gasteiger partial charge in [0.2, 0.25) is 0 Å². The van der Waals surface area contributed by atoms with Gasteiger partial charge in [-0.25, -0.2) is 0 Å². The fourth-order valence-electron chi connectivity index (χ4n) is 2.18. The third-order valence-corrected chi connectivity index (χ3v) is 4.28. The number of ether oxygens (including phenoxy) is 1. The van der Waals surface area contributed by atoms with Crippen molar-refractivity contribution in [1.29, 1.82) is 0 Å². The van der Waals surface area contributed by atoms with Crippen molar-refractivity contribution in [2.45, 2.75) is 19.8 Å². The molecule has 1 aliphatic rings. The summed E-state index contributed by atoms with van der Waals surface area (Å²) in [4.78, 5) is 24.0. The molecule has 2 heterocycles. The largest absolute Gasteiger partial charge is 0.466 e. The Kier molecular flexibility index (Phi) is 4.36. The van der Waals surface area contributed by atoms with Crippen LogP contribution < -0.4 is 4.90 Å². The Balaban J connectivity index is 1.92. The highest BCUT2D eigenvalue weighted by molar-refractivity contribution is 7.19. The number of esters is 1. The van der Waals surface area contributed by atoms with E-state index in [1.807, 2.05) is 0 Å². The van der Waals surface area contributed by atoms with Gasteiger partial charge in [-0.05, 0) is 37.2 Å². The van der Waals surface area contributed by atoms with Crippen LogP contribution in [-0.2, 0) is 9.53 Å². The zero-order valence-electron chi connectivity index (χ0n) is 10.7. The van der Waals surface area contributed by atoms with Crippen LogP contribution in [0.3, 0.4) is 0 Å². The van der Waals surface area contributed by atoms with Gasteiger partial charge < -0.3 is 9.64 Å². The van der Waals surface area contributed by atoms with E-state index in [9.17, 15) is 14.9 Å². The SMILES string of the molecule is CCOC(=O)C1CCN(c2ccc([N+](=O)[O-])s2)CC1. The number of piperidine rings is 1. The van der Waals surface area contributed by atoms with Gasteiger partial charge in [0.05, 0.1) is 22.4 Å². The number of rotatable bonds is 4. The first-order chi connectivity index (χ1) is 9.11. The summed E-state index contributed by atoms with van der Waals surface area (Å²) in [5.41, 5.74) is 0. The number of carbonyl (C=O) groups excluding carboxylic acids is 1. The van der Waals surface area contributed by atoms with Crippen molar-refractivity contribution in [2.24, 2.45) is 5.92 Å². The summed E-state index contributed by atoms with van der Waals surface area (Å²) in [6.07, 6.45) is 1.48. The van der Waals surface area contributed by atoms with E-state index in [2.05, 4.69) is 4.90 Å². The molecule has 0 spiro atoms. The fourth-order valence-corrected chi connectivity index (χ4v) is 3.05. The highest BCUT2D eigenvalue weighted by Gasteiger charge is 2.27.